The first-order chi connectivity index (χ1) is 11.0. The third kappa shape index (κ3) is 3.86. The summed E-state index contributed by atoms with van der Waals surface area (Å²) in [6, 6.07) is 0.0865. The Hall–Kier alpha value is -1.99. The lowest BCUT2D eigenvalue weighted by atomic mass is 10.0. The van der Waals surface area contributed by atoms with Crippen molar-refractivity contribution in [2.45, 2.75) is 45.7 Å². The quantitative estimate of drug-likeness (QED) is 0.772. The highest BCUT2D eigenvalue weighted by Gasteiger charge is 2.36. The van der Waals surface area contributed by atoms with Gasteiger partial charge in [0.05, 0.1) is 6.04 Å². The summed E-state index contributed by atoms with van der Waals surface area (Å²) in [5.74, 6) is 1.11. The minimum absolute atomic E-state index is 0.0379. The van der Waals surface area contributed by atoms with E-state index in [9.17, 15) is 9.59 Å². The highest BCUT2D eigenvalue weighted by molar-refractivity contribution is 5.80. The van der Waals surface area contributed by atoms with Gasteiger partial charge in [-0.05, 0) is 35.1 Å². The Bertz CT molecular complexity index is 554. The molecule has 1 aromatic heterocycles. The van der Waals surface area contributed by atoms with Gasteiger partial charge in [0, 0.05) is 26.1 Å². The lowest BCUT2D eigenvalue weighted by Crippen LogP contribution is -2.48. The molecular formula is C15H24N6O2. The predicted molar refractivity (Wildman–Crippen MR) is 82.1 cm³/mol. The van der Waals surface area contributed by atoms with Gasteiger partial charge < -0.3 is 9.80 Å². The van der Waals surface area contributed by atoms with Crippen molar-refractivity contribution >= 4 is 11.8 Å². The molecule has 0 spiro atoms. The Morgan fingerprint density at radius 3 is 2.78 bits per heavy atom. The van der Waals surface area contributed by atoms with Crippen molar-refractivity contribution in [3.05, 3.63) is 6.33 Å². The van der Waals surface area contributed by atoms with Crippen molar-refractivity contribution in [2.75, 3.05) is 19.6 Å². The van der Waals surface area contributed by atoms with E-state index in [0.717, 1.165) is 6.54 Å². The number of hydrogen-bond acceptors (Lipinski definition) is 5. The largest absolute Gasteiger partial charge is 0.338 e. The second-order valence-electron chi connectivity index (χ2n) is 6.90. The van der Waals surface area contributed by atoms with Crippen molar-refractivity contribution < 1.29 is 9.59 Å². The molecule has 2 fully saturated rings. The van der Waals surface area contributed by atoms with Gasteiger partial charge in [0.2, 0.25) is 11.8 Å². The van der Waals surface area contributed by atoms with E-state index in [2.05, 4.69) is 29.4 Å². The van der Waals surface area contributed by atoms with Gasteiger partial charge in [-0.25, -0.2) is 4.68 Å². The fourth-order valence-corrected chi connectivity index (χ4v) is 3.08. The highest BCUT2D eigenvalue weighted by atomic mass is 16.2. The lowest BCUT2D eigenvalue weighted by Gasteiger charge is -2.34. The molecule has 1 saturated carbocycles. The van der Waals surface area contributed by atoms with Crippen molar-refractivity contribution in [2.24, 2.45) is 11.8 Å². The summed E-state index contributed by atoms with van der Waals surface area (Å²) in [4.78, 5) is 28.9. The van der Waals surface area contributed by atoms with Crippen LogP contribution in [0.2, 0.25) is 0 Å². The van der Waals surface area contributed by atoms with E-state index in [1.54, 1.807) is 4.90 Å². The molecule has 1 aliphatic carbocycles. The number of aromatic nitrogens is 4. The Balaban J connectivity index is 1.70. The second kappa shape index (κ2) is 6.64. The first kappa shape index (κ1) is 15.9. The van der Waals surface area contributed by atoms with E-state index in [4.69, 9.17) is 0 Å². The Morgan fingerprint density at radius 1 is 1.39 bits per heavy atom. The van der Waals surface area contributed by atoms with Crippen LogP contribution in [0.15, 0.2) is 6.33 Å². The summed E-state index contributed by atoms with van der Waals surface area (Å²) in [7, 11) is 0. The smallest absolute Gasteiger partial charge is 0.244 e. The average Bonchev–Trinajstić information content (AvgIpc) is 3.22. The molecule has 8 nitrogen and oxygen atoms in total. The van der Waals surface area contributed by atoms with Gasteiger partial charge in [-0.1, -0.05) is 13.8 Å². The second-order valence-corrected chi connectivity index (χ2v) is 6.90. The highest BCUT2D eigenvalue weighted by Crippen LogP contribution is 2.32. The van der Waals surface area contributed by atoms with E-state index in [1.165, 1.54) is 23.9 Å². The van der Waals surface area contributed by atoms with Gasteiger partial charge in [-0.2, -0.15) is 0 Å². The zero-order valence-corrected chi connectivity index (χ0v) is 13.8. The summed E-state index contributed by atoms with van der Waals surface area (Å²) in [6.45, 7) is 6.27. The van der Waals surface area contributed by atoms with Gasteiger partial charge in [0.15, 0.2) is 0 Å². The van der Waals surface area contributed by atoms with Crippen LogP contribution < -0.4 is 0 Å². The molecule has 0 N–H and O–H groups in total. The molecule has 23 heavy (non-hydrogen) atoms. The van der Waals surface area contributed by atoms with Gasteiger partial charge in [0.1, 0.15) is 12.9 Å². The van der Waals surface area contributed by atoms with E-state index < -0.39 is 0 Å². The molecule has 0 radical (unpaired) electrons. The maximum atomic E-state index is 12.5. The van der Waals surface area contributed by atoms with Crippen molar-refractivity contribution in [1.29, 1.82) is 0 Å². The average molecular weight is 320 g/mol. The number of tetrazole rings is 1. The monoisotopic (exact) mass is 320 g/mol. The third-order valence-corrected chi connectivity index (χ3v) is 4.69. The zero-order chi connectivity index (χ0) is 16.4. The molecule has 1 aliphatic heterocycles. The standard InChI is InChI=1S/C15H24N6O2/c1-11(2)13-8-19(15(23)9-20-10-16-17-18-20)6-5-14(22)21(13)7-12-3-4-12/h10-13H,3-9H2,1-2H3. The molecule has 2 aliphatic rings. The SMILES string of the molecule is CC(C)C1CN(C(=O)Cn2cnnn2)CCC(=O)N1CC1CC1. The van der Waals surface area contributed by atoms with E-state index in [0.29, 0.717) is 31.3 Å². The van der Waals surface area contributed by atoms with E-state index in [1.807, 2.05) is 4.90 Å². The number of hydrogen-bond donors (Lipinski definition) is 0. The summed E-state index contributed by atoms with van der Waals surface area (Å²) in [5.41, 5.74) is 0. The first-order valence-electron chi connectivity index (χ1n) is 8.32. The Labute approximate surface area is 135 Å². The normalized spacial score (nSPS) is 22.6. The van der Waals surface area contributed by atoms with Crippen LogP contribution in [0, 0.1) is 11.8 Å². The number of carbonyl (C=O) groups is 2. The predicted octanol–water partition coefficient (Wildman–Crippen LogP) is 0.169. The van der Waals surface area contributed by atoms with Crippen LogP contribution in [0.4, 0.5) is 0 Å². The molecule has 8 heteroatoms. The molecule has 1 saturated heterocycles. The van der Waals surface area contributed by atoms with Crippen LogP contribution in [0.5, 0.6) is 0 Å². The van der Waals surface area contributed by atoms with Crippen LogP contribution in [-0.4, -0.2) is 67.5 Å². The third-order valence-electron chi connectivity index (χ3n) is 4.69. The molecule has 126 valence electrons. The minimum atomic E-state index is -0.0379. The minimum Gasteiger partial charge on any atom is -0.338 e. The maximum absolute atomic E-state index is 12.5. The lowest BCUT2D eigenvalue weighted by molar-refractivity contribution is -0.134. The molecule has 3 rings (SSSR count). The summed E-state index contributed by atoms with van der Waals surface area (Å²) < 4.78 is 1.42. The molecule has 1 atom stereocenters. The van der Waals surface area contributed by atoms with Crippen molar-refractivity contribution in [3.63, 3.8) is 0 Å². The summed E-state index contributed by atoms with van der Waals surface area (Å²) in [5, 5.41) is 10.8. The van der Waals surface area contributed by atoms with E-state index >= 15 is 0 Å². The maximum Gasteiger partial charge on any atom is 0.244 e. The molecule has 1 unspecified atom stereocenters. The van der Waals surface area contributed by atoms with Crippen LogP contribution >= 0.6 is 0 Å². The molecule has 2 amide bonds. The van der Waals surface area contributed by atoms with Gasteiger partial charge in [-0.3, -0.25) is 9.59 Å². The molecular weight excluding hydrogens is 296 g/mol. The zero-order valence-electron chi connectivity index (χ0n) is 13.8. The van der Waals surface area contributed by atoms with Crippen LogP contribution in [-0.2, 0) is 16.1 Å². The fourth-order valence-electron chi connectivity index (χ4n) is 3.08. The number of rotatable bonds is 5. The van der Waals surface area contributed by atoms with Crippen molar-refractivity contribution in [1.82, 2.24) is 30.0 Å². The molecule has 1 aromatic rings. The van der Waals surface area contributed by atoms with Crippen LogP contribution in [0.3, 0.4) is 0 Å². The first-order valence-corrected chi connectivity index (χ1v) is 8.32. The molecule has 0 bridgehead atoms. The number of amides is 2. The topological polar surface area (TPSA) is 84.2 Å². The number of nitrogens with zero attached hydrogens (tertiary/aromatic N) is 6. The summed E-state index contributed by atoms with van der Waals surface area (Å²) in [6.07, 6.45) is 4.27. The number of carbonyl (C=O) groups excluding carboxylic acids is 2. The van der Waals surface area contributed by atoms with Gasteiger partial charge in [-0.15, -0.1) is 5.10 Å². The van der Waals surface area contributed by atoms with Crippen LogP contribution in [0.1, 0.15) is 33.1 Å². The summed E-state index contributed by atoms with van der Waals surface area (Å²) >= 11 is 0. The molecule has 0 aromatic carbocycles. The Kier molecular flexibility index (Phi) is 4.58. The van der Waals surface area contributed by atoms with Crippen LogP contribution in [0.25, 0.3) is 0 Å². The molecule has 2 heterocycles. The van der Waals surface area contributed by atoms with Gasteiger partial charge >= 0.3 is 0 Å². The fraction of sp³-hybridized carbons (Fsp3) is 0.800. The Morgan fingerprint density at radius 2 is 2.17 bits per heavy atom. The van der Waals surface area contributed by atoms with Crippen molar-refractivity contribution in [3.8, 4) is 0 Å². The van der Waals surface area contributed by atoms with Gasteiger partial charge in [0.25, 0.3) is 0 Å². The van der Waals surface area contributed by atoms with E-state index in [-0.39, 0.29) is 24.4 Å².